The van der Waals surface area contributed by atoms with Crippen LogP contribution in [0.15, 0.2) is 11.6 Å². The molecule has 4 aliphatic carbocycles. The molecule has 0 amide bonds. The fraction of sp³-hybridized carbons (Fsp3) is 0.931. The summed E-state index contributed by atoms with van der Waals surface area (Å²) < 4.78 is 0. The molecule has 3 fully saturated rings. The highest BCUT2D eigenvalue weighted by molar-refractivity contribution is 5.30. The molecule has 0 aromatic rings. The normalized spacial score (nSPS) is 46.0. The lowest BCUT2D eigenvalue weighted by Crippen LogP contribution is -2.53. The summed E-state index contributed by atoms with van der Waals surface area (Å²) in [5.41, 5.74) is 2.88. The van der Waals surface area contributed by atoms with E-state index in [1.54, 1.807) is 5.57 Å². The van der Waals surface area contributed by atoms with Gasteiger partial charge in [-0.15, -0.1) is 0 Å². The van der Waals surface area contributed by atoms with Gasteiger partial charge >= 0.3 is 0 Å². The van der Waals surface area contributed by atoms with Gasteiger partial charge in [0.2, 0.25) is 0 Å². The molecule has 30 heavy (non-hydrogen) atoms. The maximum atomic E-state index is 11.4. The van der Waals surface area contributed by atoms with Crippen LogP contribution in [0.1, 0.15) is 113 Å². The summed E-state index contributed by atoms with van der Waals surface area (Å²) in [5.74, 6) is 4.30. The van der Waals surface area contributed by atoms with E-state index in [4.69, 9.17) is 0 Å². The molecule has 3 saturated carbocycles. The fourth-order valence-electron chi connectivity index (χ4n) is 9.54. The Balaban J connectivity index is 1.57. The minimum Gasteiger partial charge on any atom is -0.393 e. The molecule has 0 aromatic heterocycles. The van der Waals surface area contributed by atoms with Crippen LogP contribution in [-0.2, 0) is 0 Å². The van der Waals surface area contributed by atoms with E-state index in [0.717, 1.165) is 24.2 Å². The Kier molecular flexibility index (Phi) is 6.05. The van der Waals surface area contributed by atoms with Crippen LogP contribution in [0, 0.1) is 51.8 Å². The van der Waals surface area contributed by atoms with E-state index in [9.17, 15) is 5.11 Å². The number of fused-ring (bicyclic) bond motifs is 5. The second-order valence-electron chi connectivity index (χ2n) is 13.6. The molecule has 4 aliphatic rings. The molecular weight excluding hydrogens is 364 g/mol. The third-order valence-corrected chi connectivity index (χ3v) is 10.9. The molecule has 0 bridgehead atoms. The predicted molar refractivity (Wildman–Crippen MR) is 128 cm³/mol. The van der Waals surface area contributed by atoms with E-state index in [2.05, 4.69) is 54.5 Å². The largest absolute Gasteiger partial charge is 0.393 e. The van der Waals surface area contributed by atoms with Crippen LogP contribution in [0.25, 0.3) is 0 Å². The van der Waals surface area contributed by atoms with E-state index in [1.807, 2.05) is 0 Å². The van der Waals surface area contributed by atoms with Gasteiger partial charge in [-0.1, -0.05) is 85.8 Å². The topological polar surface area (TPSA) is 20.2 Å². The number of rotatable bonds is 5. The Morgan fingerprint density at radius 3 is 2.47 bits per heavy atom. The van der Waals surface area contributed by atoms with Crippen LogP contribution < -0.4 is 0 Å². The summed E-state index contributed by atoms with van der Waals surface area (Å²) in [5, 5.41) is 11.4. The average molecular weight is 415 g/mol. The van der Waals surface area contributed by atoms with Crippen molar-refractivity contribution in [2.75, 3.05) is 0 Å². The van der Waals surface area contributed by atoms with E-state index < -0.39 is 0 Å². The van der Waals surface area contributed by atoms with Gasteiger partial charge in [-0.2, -0.15) is 0 Å². The van der Waals surface area contributed by atoms with Crippen molar-refractivity contribution in [1.82, 2.24) is 0 Å². The molecule has 0 saturated heterocycles. The summed E-state index contributed by atoms with van der Waals surface area (Å²) in [6.07, 6.45) is 15.8. The molecule has 0 heterocycles. The molecular formula is C29H50O. The summed E-state index contributed by atoms with van der Waals surface area (Å²) >= 11 is 0. The van der Waals surface area contributed by atoms with Crippen molar-refractivity contribution in [2.24, 2.45) is 51.8 Å². The molecule has 0 spiro atoms. The summed E-state index contributed by atoms with van der Waals surface area (Å²) in [4.78, 5) is 0. The van der Waals surface area contributed by atoms with Crippen LogP contribution >= 0.6 is 0 Å². The van der Waals surface area contributed by atoms with Crippen molar-refractivity contribution in [3.63, 3.8) is 0 Å². The number of aliphatic hydroxyl groups is 1. The third kappa shape index (κ3) is 3.54. The molecule has 0 aromatic carbocycles. The Morgan fingerprint density at radius 1 is 1.03 bits per heavy atom. The summed E-state index contributed by atoms with van der Waals surface area (Å²) in [6.45, 7) is 17.4. The Labute approximate surface area is 187 Å². The lowest BCUT2D eigenvalue weighted by atomic mass is 9.44. The zero-order chi connectivity index (χ0) is 21.9. The van der Waals surface area contributed by atoms with Crippen molar-refractivity contribution in [2.45, 2.75) is 119 Å². The lowest BCUT2D eigenvalue weighted by molar-refractivity contribution is -0.0825. The van der Waals surface area contributed by atoms with Gasteiger partial charge in [0.15, 0.2) is 0 Å². The molecule has 8 atom stereocenters. The number of hydrogen-bond donors (Lipinski definition) is 1. The zero-order valence-corrected chi connectivity index (χ0v) is 21.1. The highest BCUT2D eigenvalue weighted by atomic mass is 16.3. The molecule has 1 N–H and O–H groups in total. The standard InChI is InChI=1S/C29H50O/c1-19(2)10-8-11-20(3)23-18-24(30)26-21-12-13-25-27(4,5)15-9-16-28(25,6)22(21)14-17-29(23,26)7/h13,19-24,26,30H,8-12,14-18H2,1-7H3/t20-,21-,22+,23-,24-,26-,28-,29-/m1/s1. The maximum Gasteiger partial charge on any atom is 0.0579 e. The first kappa shape index (κ1) is 22.9. The second-order valence-corrected chi connectivity index (χ2v) is 13.6. The Bertz CT molecular complexity index is 659. The molecule has 0 aliphatic heterocycles. The van der Waals surface area contributed by atoms with Gasteiger partial charge in [-0.05, 0) is 90.3 Å². The first-order chi connectivity index (χ1) is 14.0. The van der Waals surface area contributed by atoms with Crippen molar-refractivity contribution in [3.8, 4) is 0 Å². The van der Waals surface area contributed by atoms with Crippen molar-refractivity contribution in [3.05, 3.63) is 11.6 Å². The van der Waals surface area contributed by atoms with Gasteiger partial charge in [0.05, 0.1) is 6.10 Å². The van der Waals surface area contributed by atoms with Gasteiger partial charge in [0.25, 0.3) is 0 Å². The minimum absolute atomic E-state index is 0.0736. The first-order valence-corrected chi connectivity index (χ1v) is 13.4. The van der Waals surface area contributed by atoms with E-state index in [-0.39, 0.29) is 6.10 Å². The van der Waals surface area contributed by atoms with Gasteiger partial charge in [0, 0.05) is 0 Å². The monoisotopic (exact) mass is 414 g/mol. The highest BCUT2D eigenvalue weighted by Crippen LogP contribution is 2.68. The number of allylic oxidation sites excluding steroid dienone is 2. The molecule has 4 rings (SSSR count). The molecule has 172 valence electrons. The number of aliphatic hydroxyl groups excluding tert-OH is 1. The maximum absolute atomic E-state index is 11.4. The van der Waals surface area contributed by atoms with E-state index >= 15 is 0 Å². The zero-order valence-electron chi connectivity index (χ0n) is 21.1. The van der Waals surface area contributed by atoms with Gasteiger partial charge in [-0.25, -0.2) is 0 Å². The second kappa shape index (κ2) is 7.93. The number of hydrogen-bond acceptors (Lipinski definition) is 1. The van der Waals surface area contributed by atoms with Crippen LogP contribution in [-0.4, -0.2) is 11.2 Å². The van der Waals surface area contributed by atoms with Gasteiger partial charge < -0.3 is 5.11 Å². The first-order valence-electron chi connectivity index (χ1n) is 13.4. The summed E-state index contributed by atoms with van der Waals surface area (Å²) in [7, 11) is 0. The molecule has 0 radical (unpaired) electrons. The third-order valence-electron chi connectivity index (χ3n) is 10.9. The van der Waals surface area contributed by atoms with Crippen LogP contribution in [0.2, 0.25) is 0 Å². The minimum atomic E-state index is -0.0736. The Hall–Kier alpha value is -0.300. The van der Waals surface area contributed by atoms with Crippen molar-refractivity contribution in [1.29, 1.82) is 0 Å². The molecule has 0 unspecified atom stereocenters. The molecule has 1 heteroatoms. The van der Waals surface area contributed by atoms with Crippen LogP contribution in [0.5, 0.6) is 0 Å². The van der Waals surface area contributed by atoms with E-state index in [0.29, 0.717) is 34.0 Å². The predicted octanol–water partition coefficient (Wildman–Crippen LogP) is 8.02. The summed E-state index contributed by atoms with van der Waals surface area (Å²) in [6, 6.07) is 0. The highest BCUT2D eigenvalue weighted by Gasteiger charge is 2.62. The fourth-order valence-corrected chi connectivity index (χ4v) is 9.54. The van der Waals surface area contributed by atoms with Crippen LogP contribution in [0.4, 0.5) is 0 Å². The Morgan fingerprint density at radius 2 is 1.77 bits per heavy atom. The SMILES string of the molecule is CC(C)CCC[C@@H](C)[C@H]1C[C@@H](O)[C@H]2[C@@H]3CC=C4C(C)(C)CCC[C@]4(C)[C@H]3CC[C@@]21C. The van der Waals surface area contributed by atoms with Crippen molar-refractivity contribution >= 4 is 0 Å². The quantitative estimate of drug-likeness (QED) is 0.451. The van der Waals surface area contributed by atoms with E-state index in [1.165, 1.54) is 57.8 Å². The van der Waals surface area contributed by atoms with Crippen molar-refractivity contribution < 1.29 is 5.11 Å². The smallest absolute Gasteiger partial charge is 0.0579 e. The lowest BCUT2D eigenvalue weighted by Gasteiger charge is -2.60. The molecule has 1 nitrogen and oxygen atoms in total. The average Bonchev–Trinajstić information content (AvgIpc) is 2.91. The van der Waals surface area contributed by atoms with Crippen LogP contribution in [0.3, 0.4) is 0 Å². The van der Waals surface area contributed by atoms with Gasteiger partial charge in [0.1, 0.15) is 0 Å². The van der Waals surface area contributed by atoms with Gasteiger partial charge in [-0.3, -0.25) is 0 Å².